The van der Waals surface area contributed by atoms with Gasteiger partial charge in [-0.1, -0.05) is 37.4 Å². The summed E-state index contributed by atoms with van der Waals surface area (Å²) >= 11 is 0. The highest BCUT2D eigenvalue weighted by Gasteiger charge is 2.29. The fourth-order valence-electron chi connectivity index (χ4n) is 2.87. The van der Waals surface area contributed by atoms with Crippen LogP contribution >= 0.6 is 0 Å². The summed E-state index contributed by atoms with van der Waals surface area (Å²) in [6, 6.07) is 8.49. The summed E-state index contributed by atoms with van der Waals surface area (Å²) in [6.07, 6.45) is 11.7. The molecule has 2 aliphatic rings. The summed E-state index contributed by atoms with van der Waals surface area (Å²) in [5.41, 5.74) is 2.10. The Morgan fingerprint density at radius 1 is 1.20 bits per heavy atom. The van der Waals surface area contributed by atoms with E-state index < -0.39 is 0 Å². The van der Waals surface area contributed by atoms with E-state index in [0.717, 1.165) is 29.3 Å². The molecule has 1 aromatic rings. The number of hydrogen-bond donors (Lipinski definition) is 0. The molecule has 1 aromatic carbocycles. The van der Waals surface area contributed by atoms with Crippen LogP contribution in [0.4, 0.5) is 5.69 Å². The minimum absolute atomic E-state index is 0.358. The molecule has 0 bridgehead atoms. The zero-order valence-electron chi connectivity index (χ0n) is 11.6. The molecule has 3 rings (SSSR count). The second-order valence-electron chi connectivity index (χ2n) is 5.02. The van der Waals surface area contributed by atoms with Crippen LogP contribution < -0.4 is 9.64 Å². The first-order valence-electron chi connectivity index (χ1n) is 7.07. The van der Waals surface area contributed by atoms with Gasteiger partial charge in [0.1, 0.15) is 0 Å². The van der Waals surface area contributed by atoms with Crippen LogP contribution in [0.3, 0.4) is 0 Å². The van der Waals surface area contributed by atoms with Crippen LogP contribution in [-0.2, 0) is 0 Å². The lowest BCUT2D eigenvalue weighted by Crippen LogP contribution is -2.37. The zero-order chi connectivity index (χ0) is 13.9. The zero-order valence-corrected chi connectivity index (χ0v) is 11.6. The van der Waals surface area contributed by atoms with Crippen molar-refractivity contribution in [3.8, 4) is 5.75 Å². The minimum atomic E-state index is 0.358. The van der Waals surface area contributed by atoms with Crippen molar-refractivity contribution in [3.63, 3.8) is 0 Å². The maximum Gasteiger partial charge on any atom is 0.151 e. The molecule has 0 saturated carbocycles. The molecular weight excluding hydrogens is 246 g/mol. The summed E-state index contributed by atoms with van der Waals surface area (Å²) in [6.45, 7) is 7.81. The molecule has 102 valence electrons. The topological polar surface area (TPSA) is 12.5 Å². The summed E-state index contributed by atoms with van der Waals surface area (Å²) in [5, 5.41) is 0. The molecule has 0 N–H and O–H groups in total. The van der Waals surface area contributed by atoms with Crippen molar-refractivity contribution < 1.29 is 4.74 Å². The van der Waals surface area contributed by atoms with Crippen LogP contribution in [0.2, 0.25) is 0 Å². The van der Waals surface area contributed by atoms with Crippen molar-refractivity contribution in [3.05, 3.63) is 73.2 Å². The third-order valence-electron chi connectivity index (χ3n) is 3.80. The van der Waals surface area contributed by atoms with Gasteiger partial charge >= 0.3 is 0 Å². The SMILES string of the molecule is C=CC1=C(C=C)N(C2C=CCCC2)c2ccccc2O1. The van der Waals surface area contributed by atoms with Crippen molar-refractivity contribution >= 4 is 5.69 Å². The lowest BCUT2D eigenvalue weighted by atomic mass is 9.99. The lowest BCUT2D eigenvalue weighted by Gasteiger charge is -2.38. The Balaban J connectivity index is 2.13. The number of benzene rings is 1. The molecule has 1 atom stereocenters. The number of fused-ring (bicyclic) bond motifs is 1. The van der Waals surface area contributed by atoms with Gasteiger partial charge in [-0.15, -0.1) is 0 Å². The van der Waals surface area contributed by atoms with E-state index in [9.17, 15) is 0 Å². The first-order valence-corrected chi connectivity index (χ1v) is 7.07. The molecule has 1 aliphatic carbocycles. The molecule has 2 heteroatoms. The Kier molecular flexibility index (Phi) is 3.46. The highest BCUT2D eigenvalue weighted by Crippen LogP contribution is 2.40. The van der Waals surface area contributed by atoms with Crippen LogP contribution in [0, 0.1) is 0 Å². The van der Waals surface area contributed by atoms with Gasteiger partial charge in [-0.05, 0) is 43.5 Å². The molecule has 0 aromatic heterocycles. The lowest BCUT2D eigenvalue weighted by molar-refractivity contribution is 0.421. The van der Waals surface area contributed by atoms with E-state index in [-0.39, 0.29) is 0 Å². The number of anilines is 1. The molecule has 0 amide bonds. The van der Waals surface area contributed by atoms with E-state index in [1.165, 1.54) is 12.8 Å². The van der Waals surface area contributed by atoms with Crippen molar-refractivity contribution in [1.29, 1.82) is 0 Å². The summed E-state index contributed by atoms with van der Waals surface area (Å²) in [7, 11) is 0. The molecule has 1 heterocycles. The monoisotopic (exact) mass is 265 g/mol. The molecular formula is C18H19NO. The Labute approximate surface area is 120 Å². The second-order valence-corrected chi connectivity index (χ2v) is 5.02. The van der Waals surface area contributed by atoms with Gasteiger partial charge in [0.05, 0.1) is 17.4 Å². The quantitative estimate of drug-likeness (QED) is 0.742. The standard InChI is InChI=1S/C18H19NO/c1-3-15-17(4-2)20-18-13-9-8-12-16(18)19(15)14-10-6-5-7-11-14/h3-4,6,8-10,12-14H,1-2,5,7,11H2. The average Bonchev–Trinajstić information content (AvgIpc) is 2.53. The van der Waals surface area contributed by atoms with Crippen LogP contribution in [0.5, 0.6) is 5.75 Å². The molecule has 1 aliphatic heterocycles. The van der Waals surface area contributed by atoms with Crippen LogP contribution in [-0.4, -0.2) is 6.04 Å². The van der Waals surface area contributed by atoms with Crippen LogP contribution in [0.1, 0.15) is 19.3 Å². The van der Waals surface area contributed by atoms with Gasteiger partial charge in [0.2, 0.25) is 0 Å². The van der Waals surface area contributed by atoms with E-state index in [1.54, 1.807) is 6.08 Å². The average molecular weight is 265 g/mol. The normalized spacial score (nSPS) is 21.2. The Bertz CT molecular complexity index is 597. The Morgan fingerprint density at radius 3 is 2.75 bits per heavy atom. The molecule has 1 unspecified atom stereocenters. The van der Waals surface area contributed by atoms with Crippen molar-refractivity contribution in [2.24, 2.45) is 0 Å². The van der Waals surface area contributed by atoms with Gasteiger partial charge in [-0.2, -0.15) is 0 Å². The fourth-order valence-corrected chi connectivity index (χ4v) is 2.87. The van der Waals surface area contributed by atoms with Gasteiger partial charge < -0.3 is 9.64 Å². The third kappa shape index (κ3) is 2.07. The smallest absolute Gasteiger partial charge is 0.151 e. The predicted octanol–water partition coefficient (Wildman–Crippen LogP) is 4.58. The second kappa shape index (κ2) is 5.41. The number of allylic oxidation sites excluding steroid dienone is 3. The maximum absolute atomic E-state index is 5.93. The highest BCUT2D eigenvalue weighted by atomic mass is 16.5. The van der Waals surface area contributed by atoms with Crippen molar-refractivity contribution in [1.82, 2.24) is 0 Å². The first kappa shape index (κ1) is 12.8. The fraction of sp³-hybridized carbons (Fsp3) is 0.222. The Hall–Kier alpha value is -2.22. The van der Waals surface area contributed by atoms with Gasteiger partial charge in [-0.25, -0.2) is 0 Å². The third-order valence-corrected chi connectivity index (χ3v) is 3.80. The molecule has 0 saturated heterocycles. The number of ether oxygens (including phenoxy) is 1. The number of hydrogen-bond acceptors (Lipinski definition) is 2. The number of nitrogens with zero attached hydrogens (tertiary/aromatic N) is 1. The highest BCUT2D eigenvalue weighted by molar-refractivity contribution is 5.69. The number of rotatable bonds is 3. The molecule has 0 radical (unpaired) electrons. The van der Waals surface area contributed by atoms with Crippen LogP contribution in [0.25, 0.3) is 0 Å². The first-order chi connectivity index (χ1) is 9.85. The van der Waals surface area contributed by atoms with Gasteiger partial charge in [0.15, 0.2) is 11.5 Å². The molecule has 2 nitrogen and oxygen atoms in total. The summed E-state index contributed by atoms with van der Waals surface area (Å²) in [5.74, 6) is 1.66. The molecule has 20 heavy (non-hydrogen) atoms. The largest absolute Gasteiger partial charge is 0.453 e. The molecule has 0 fully saturated rings. The van der Waals surface area contributed by atoms with E-state index in [2.05, 4.69) is 36.3 Å². The Morgan fingerprint density at radius 2 is 2.05 bits per heavy atom. The van der Waals surface area contributed by atoms with E-state index >= 15 is 0 Å². The predicted molar refractivity (Wildman–Crippen MR) is 83.7 cm³/mol. The van der Waals surface area contributed by atoms with Crippen LogP contribution in [0.15, 0.2) is 73.2 Å². The van der Waals surface area contributed by atoms with E-state index in [0.29, 0.717) is 6.04 Å². The summed E-state index contributed by atoms with van der Waals surface area (Å²) < 4.78 is 5.93. The van der Waals surface area contributed by atoms with Gasteiger partial charge in [0, 0.05) is 0 Å². The minimum Gasteiger partial charge on any atom is -0.453 e. The summed E-state index contributed by atoms with van der Waals surface area (Å²) in [4.78, 5) is 2.32. The van der Waals surface area contributed by atoms with E-state index in [1.807, 2.05) is 24.3 Å². The van der Waals surface area contributed by atoms with Crippen molar-refractivity contribution in [2.45, 2.75) is 25.3 Å². The van der Waals surface area contributed by atoms with E-state index in [4.69, 9.17) is 4.74 Å². The van der Waals surface area contributed by atoms with Gasteiger partial charge in [0.25, 0.3) is 0 Å². The maximum atomic E-state index is 5.93. The molecule has 0 spiro atoms. The van der Waals surface area contributed by atoms with Gasteiger partial charge in [-0.3, -0.25) is 0 Å². The van der Waals surface area contributed by atoms with Crippen molar-refractivity contribution in [2.75, 3.05) is 4.90 Å². The number of para-hydroxylation sites is 2.